The van der Waals surface area contributed by atoms with Crippen LogP contribution in [0.4, 0.5) is 10.5 Å². The third-order valence-corrected chi connectivity index (χ3v) is 6.82. The molecule has 1 aliphatic rings. The molecule has 0 unspecified atom stereocenters. The summed E-state index contributed by atoms with van der Waals surface area (Å²) in [5.41, 5.74) is 3.34. The Hall–Kier alpha value is -3.37. The second-order valence-corrected chi connectivity index (χ2v) is 9.72. The molecule has 4 rings (SSSR count). The number of anilines is 1. The molecule has 0 spiro atoms. The molecule has 7 nitrogen and oxygen atoms in total. The van der Waals surface area contributed by atoms with Crippen molar-refractivity contribution in [2.45, 2.75) is 20.5 Å². The van der Waals surface area contributed by atoms with E-state index in [0.29, 0.717) is 39.9 Å². The number of hydrogen-bond acceptors (Lipinski definition) is 5. The van der Waals surface area contributed by atoms with Crippen molar-refractivity contribution in [1.82, 2.24) is 5.32 Å². The Kier molecular flexibility index (Phi) is 7.65. The van der Waals surface area contributed by atoms with Gasteiger partial charge in [0.2, 0.25) is 0 Å². The summed E-state index contributed by atoms with van der Waals surface area (Å²) in [6.45, 7) is 4.06. The minimum atomic E-state index is -0.834. The van der Waals surface area contributed by atoms with Crippen molar-refractivity contribution in [3.8, 4) is 11.5 Å². The van der Waals surface area contributed by atoms with E-state index >= 15 is 0 Å². The van der Waals surface area contributed by atoms with E-state index in [1.165, 1.54) is 13.2 Å². The zero-order chi connectivity index (χ0) is 26.0. The minimum absolute atomic E-state index is 0.194. The maximum Gasteiger partial charge on any atom is 0.335 e. The summed E-state index contributed by atoms with van der Waals surface area (Å²) in [4.78, 5) is 39.4. The molecule has 9 heteroatoms. The van der Waals surface area contributed by atoms with Gasteiger partial charge in [0, 0.05) is 5.02 Å². The Morgan fingerprint density at radius 3 is 2.53 bits per heavy atom. The molecule has 1 heterocycles. The van der Waals surface area contributed by atoms with Crippen molar-refractivity contribution in [3.05, 3.63) is 91.0 Å². The van der Waals surface area contributed by atoms with Gasteiger partial charge in [-0.1, -0.05) is 47.5 Å². The lowest BCUT2D eigenvalue weighted by Crippen LogP contribution is -2.54. The molecule has 0 bridgehead atoms. The van der Waals surface area contributed by atoms with Crippen molar-refractivity contribution in [1.29, 1.82) is 0 Å². The fraction of sp³-hybridized carbons (Fsp3) is 0.148. The first kappa shape index (κ1) is 25.7. The van der Waals surface area contributed by atoms with Gasteiger partial charge in [0.05, 0.1) is 16.4 Å². The highest BCUT2D eigenvalue weighted by atomic mass is 127. The van der Waals surface area contributed by atoms with Crippen molar-refractivity contribution >= 4 is 63.8 Å². The second-order valence-electron chi connectivity index (χ2n) is 8.15. The fourth-order valence-electron chi connectivity index (χ4n) is 3.80. The SMILES string of the molecule is COc1cc(/C=C2\C(=O)NC(=O)N(c3cccc(Cl)c3C)C2=O)cc(I)c1OCc1cccc(C)c1. The van der Waals surface area contributed by atoms with E-state index in [2.05, 4.69) is 27.9 Å². The summed E-state index contributed by atoms with van der Waals surface area (Å²) in [6.07, 6.45) is 1.42. The van der Waals surface area contributed by atoms with Crippen molar-refractivity contribution in [2.24, 2.45) is 0 Å². The van der Waals surface area contributed by atoms with Crippen LogP contribution >= 0.6 is 34.2 Å². The summed E-state index contributed by atoms with van der Waals surface area (Å²) in [6, 6.07) is 15.5. The van der Waals surface area contributed by atoms with Crippen LogP contribution in [0.5, 0.6) is 11.5 Å². The molecule has 0 saturated carbocycles. The van der Waals surface area contributed by atoms with Gasteiger partial charge in [-0.2, -0.15) is 0 Å². The number of halogens is 2. The smallest absolute Gasteiger partial charge is 0.335 e. The van der Waals surface area contributed by atoms with Crippen molar-refractivity contribution in [2.75, 3.05) is 12.0 Å². The fourth-order valence-corrected chi connectivity index (χ4v) is 4.75. The van der Waals surface area contributed by atoms with Gasteiger partial charge in [0.1, 0.15) is 12.2 Å². The van der Waals surface area contributed by atoms with Gasteiger partial charge in [-0.15, -0.1) is 0 Å². The van der Waals surface area contributed by atoms with Gasteiger partial charge in [-0.3, -0.25) is 14.9 Å². The van der Waals surface area contributed by atoms with E-state index in [-0.39, 0.29) is 5.57 Å². The summed E-state index contributed by atoms with van der Waals surface area (Å²) in [7, 11) is 1.52. The number of benzene rings is 3. The van der Waals surface area contributed by atoms with E-state index < -0.39 is 17.8 Å². The molecule has 3 aromatic carbocycles. The normalized spacial score (nSPS) is 14.8. The van der Waals surface area contributed by atoms with Gasteiger partial charge in [0.25, 0.3) is 11.8 Å². The minimum Gasteiger partial charge on any atom is -0.493 e. The number of rotatable bonds is 6. The topological polar surface area (TPSA) is 84.9 Å². The Bertz CT molecular complexity index is 1420. The molecule has 1 N–H and O–H groups in total. The van der Waals surface area contributed by atoms with Crippen LogP contribution in [0.2, 0.25) is 5.02 Å². The molecular formula is C27H22ClIN2O5. The number of hydrogen-bond donors (Lipinski definition) is 1. The van der Waals surface area contributed by atoms with E-state index in [1.807, 2.05) is 31.2 Å². The third kappa shape index (κ3) is 5.24. The highest BCUT2D eigenvalue weighted by molar-refractivity contribution is 14.1. The number of carbonyl (C=O) groups is 3. The van der Waals surface area contributed by atoms with Crippen molar-refractivity contribution in [3.63, 3.8) is 0 Å². The standard InChI is InChI=1S/C27H22ClIN2O5/c1-15-6-4-7-17(10-15)14-36-24-21(29)12-18(13-23(24)35-3)11-19-25(32)30-27(34)31(26(19)33)22-9-5-8-20(28)16(22)2/h4-13H,14H2,1-3H3,(H,30,32,34)/b19-11+. The first-order chi connectivity index (χ1) is 17.2. The monoisotopic (exact) mass is 616 g/mol. The molecule has 4 amide bonds. The Labute approximate surface area is 227 Å². The maximum atomic E-state index is 13.3. The van der Waals surface area contributed by atoms with Crippen LogP contribution in [0, 0.1) is 17.4 Å². The van der Waals surface area contributed by atoms with Crippen LogP contribution in [0.1, 0.15) is 22.3 Å². The van der Waals surface area contributed by atoms with E-state index in [4.69, 9.17) is 21.1 Å². The van der Waals surface area contributed by atoms with E-state index in [1.54, 1.807) is 37.3 Å². The highest BCUT2D eigenvalue weighted by Gasteiger charge is 2.37. The first-order valence-corrected chi connectivity index (χ1v) is 12.4. The Morgan fingerprint density at radius 1 is 1.06 bits per heavy atom. The predicted molar refractivity (Wildman–Crippen MR) is 146 cm³/mol. The second kappa shape index (κ2) is 10.7. The number of imide groups is 2. The van der Waals surface area contributed by atoms with Crippen LogP contribution in [-0.4, -0.2) is 25.0 Å². The number of urea groups is 1. The van der Waals surface area contributed by atoms with E-state index in [0.717, 1.165) is 19.6 Å². The number of carbonyl (C=O) groups excluding carboxylic acids is 3. The van der Waals surface area contributed by atoms with E-state index in [9.17, 15) is 14.4 Å². The number of amides is 4. The number of nitrogens with one attached hydrogen (secondary N) is 1. The summed E-state index contributed by atoms with van der Waals surface area (Å²) in [5, 5.41) is 2.63. The van der Waals surface area contributed by atoms with Gasteiger partial charge >= 0.3 is 6.03 Å². The molecule has 1 aliphatic heterocycles. The third-order valence-electron chi connectivity index (χ3n) is 5.61. The number of barbiturate groups is 1. The van der Waals surface area contributed by atoms with Gasteiger partial charge in [-0.25, -0.2) is 9.69 Å². The van der Waals surface area contributed by atoms with Crippen LogP contribution in [0.15, 0.2) is 60.2 Å². The molecule has 1 fully saturated rings. The lowest BCUT2D eigenvalue weighted by atomic mass is 10.1. The lowest BCUT2D eigenvalue weighted by Gasteiger charge is -2.27. The van der Waals surface area contributed by atoms with Gasteiger partial charge < -0.3 is 9.47 Å². The predicted octanol–water partition coefficient (Wildman–Crippen LogP) is 5.82. The van der Waals surface area contributed by atoms with Gasteiger partial charge in [-0.05, 0) is 83.5 Å². The molecule has 184 valence electrons. The molecule has 1 saturated heterocycles. The first-order valence-electron chi connectivity index (χ1n) is 10.9. The zero-order valence-electron chi connectivity index (χ0n) is 19.7. The largest absolute Gasteiger partial charge is 0.493 e. The Morgan fingerprint density at radius 2 is 1.81 bits per heavy atom. The molecule has 36 heavy (non-hydrogen) atoms. The molecule has 3 aromatic rings. The number of methoxy groups -OCH3 is 1. The van der Waals surface area contributed by atoms with Crippen LogP contribution in [-0.2, 0) is 16.2 Å². The summed E-state index contributed by atoms with van der Waals surface area (Å²) < 4.78 is 12.3. The van der Waals surface area contributed by atoms with Crippen LogP contribution in [0.3, 0.4) is 0 Å². The zero-order valence-corrected chi connectivity index (χ0v) is 22.6. The molecule has 0 atom stereocenters. The molecule has 0 aliphatic carbocycles. The Balaban J connectivity index is 1.66. The lowest BCUT2D eigenvalue weighted by molar-refractivity contribution is -0.122. The van der Waals surface area contributed by atoms with Crippen molar-refractivity contribution < 1.29 is 23.9 Å². The molecule has 0 radical (unpaired) electrons. The summed E-state index contributed by atoms with van der Waals surface area (Å²) in [5.74, 6) is -0.534. The highest BCUT2D eigenvalue weighted by Crippen LogP contribution is 2.36. The van der Waals surface area contributed by atoms with Gasteiger partial charge in [0.15, 0.2) is 11.5 Å². The summed E-state index contributed by atoms with van der Waals surface area (Å²) >= 11 is 8.30. The quantitative estimate of drug-likeness (QED) is 0.215. The number of aryl methyl sites for hydroxylation is 1. The molecule has 0 aromatic heterocycles. The molecular weight excluding hydrogens is 595 g/mol. The van der Waals surface area contributed by atoms with Crippen LogP contribution < -0.4 is 19.7 Å². The average molecular weight is 617 g/mol. The average Bonchev–Trinajstić information content (AvgIpc) is 2.83. The number of nitrogens with zero attached hydrogens (tertiary/aromatic N) is 1. The number of ether oxygens (including phenoxy) is 2. The maximum absolute atomic E-state index is 13.3. The van der Waals surface area contributed by atoms with Crippen LogP contribution in [0.25, 0.3) is 6.08 Å².